The molecular formula is C19H15N3OS2. The zero-order valence-electron chi connectivity index (χ0n) is 13.8. The lowest BCUT2D eigenvalue weighted by atomic mass is 10.1. The summed E-state index contributed by atoms with van der Waals surface area (Å²) in [4.78, 5) is 24.7. The van der Waals surface area contributed by atoms with Crippen LogP contribution < -0.4 is 4.90 Å². The Morgan fingerprint density at radius 1 is 1.00 bits per heavy atom. The van der Waals surface area contributed by atoms with Gasteiger partial charge in [-0.3, -0.25) is 4.79 Å². The van der Waals surface area contributed by atoms with Gasteiger partial charge in [0, 0.05) is 25.0 Å². The fraction of sp³-hybridized carbons (Fsp3) is 0.105. The summed E-state index contributed by atoms with van der Waals surface area (Å²) < 4.78 is 0.836. The maximum atomic E-state index is 13.0. The second-order valence-electron chi connectivity index (χ2n) is 5.77. The molecule has 4 aromatic rings. The van der Waals surface area contributed by atoms with Crippen LogP contribution >= 0.6 is 22.7 Å². The number of anilines is 1. The third-order valence-electron chi connectivity index (χ3n) is 3.85. The fourth-order valence-corrected chi connectivity index (χ4v) is 4.27. The minimum Gasteiger partial charge on any atom is -0.347 e. The number of ketones is 1. The Morgan fingerprint density at radius 2 is 1.80 bits per heavy atom. The molecule has 124 valence electrons. The van der Waals surface area contributed by atoms with Crippen LogP contribution in [0.1, 0.15) is 15.4 Å². The van der Waals surface area contributed by atoms with Gasteiger partial charge in [-0.05, 0) is 17.0 Å². The quantitative estimate of drug-likeness (QED) is 0.491. The van der Waals surface area contributed by atoms with Crippen LogP contribution in [0.4, 0.5) is 5.95 Å². The van der Waals surface area contributed by atoms with Crippen molar-refractivity contribution in [3.05, 3.63) is 63.8 Å². The molecule has 0 amide bonds. The molecule has 0 aliphatic carbocycles. The Hall–Kier alpha value is -2.57. The van der Waals surface area contributed by atoms with Crippen LogP contribution in [-0.4, -0.2) is 29.8 Å². The number of benzene rings is 1. The molecule has 0 N–H and O–H groups in total. The molecule has 0 unspecified atom stereocenters. The highest BCUT2D eigenvalue weighted by atomic mass is 32.1. The summed E-state index contributed by atoms with van der Waals surface area (Å²) >= 11 is 2.95. The highest BCUT2D eigenvalue weighted by Crippen LogP contribution is 2.36. The Kier molecular flexibility index (Phi) is 4.07. The second-order valence-corrected chi connectivity index (χ2v) is 7.59. The number of carbonyl (C=O) groups excluding carboxylic acids is 1. The maximum Gasteiger partial charge on any atom is 0.226 e. The number of aromatic nitrogens is 2. The van der Waals surface area contributed by atoms with E-state index < -0.39 is 0 Å². The molecular weight excluding hydrogens is 350 g/mol. The van der Waals surface area contributed by atoms with E-state index in [4.69, 9.17) is 4.98 Å². The molecule has 4 nitrogen and oxygen atoms in total. The predicted molar refractivity (Wildman–Crippen MR) is 105 cm³/mol. The van der Waals surface area contributed by atoms with Gasteiger partial charge in [-0.15, -0.1) is 22.7 Å². The highest BCUT2D eigenvalue weighted by molar-refractivity contribution is 7.18. The van der Waals surface area contributed by atoms with Crippen molar-refractivity contribution < 1.29 is 4.79 Å². The van der Waals surface area contributed by atoms with Gasteiger partial charge in [0.2, 0.25) is 11.7 Å². The van der Waals surface area contributed by atoms with E-state index >= 15 is 0 Å². The summed E-state index contributed by atoms with van der Waals surface area (Å²) in [7, 11) is 3.77. The molecule has 1 aromatic carbocycles. The molecule has 3 aromatic heterocycles. The van der Waals surface area contributed by atoms with E-state index in [1.165, 1.54) is 22.7 Å². The number of thiophene rings is 2. The average molecular weight is 365 g/mol. The summed E-state index contributed by atoms with van der Waals surface area (Å²) in [5, 5.41) is 3.96. The van der Waals surface area contributed by atoms with Crippen LogP contribution in [0.15, 0.2) is 53.2 Å². The summed E-state index contributed by atoms with van der Waals surface area (Å²) in [6.07, 6.45) is 0. The van der Waals surface area contributed by atoms with Crippen molar-refractivity contribution in [3.8, 4) is 11.1 Å². The van der Waals surface area contributed by atoms with Crippen LogP contribution in [0.5, 0.6) is 0 Å². The molecule has 25 heavy (non-hydrogen) atoms. The monoisotopic (exact) mass is 365 g/mol. The molecule has 0 aliphatic heterocycles. The summed E-state index contributed by atoms with van der Waals surface area (Å²) in [5.41, 5.74) is 3.43. The topological polar surface area (TPSA) is 46.1 Å². The molecule has 0 saturated heterocycles. The number of hydrogen-bond donors (Lipinski definition) is 0. The molecule has 4 rings (SSSR count). The molecule has 0 radical (unpaired) electrons. The van der Waals surface area contributed by atoms with Crippen LogP contribution in [-0.2, 0) is 0 Å². The minimum atomic E-state index is -0.0491. The van der Waals surface area contributed by atoms with Crippen LogP contribution in [0.3, 0.4) is 0 Å². The van der Waals surface area contributed by atoms with Crippen LogP contribution in [0.2, 0.25) is 0 Å². The molecule has 0 atom stereocenters. The molecule has 0 aliphatic rings. The third-order valence-corrected chi connectivity index (χ3v) is 5.69. The fourth-order valence-electron chi connectivity index (χ4n) is 2.61. The molecule has 3 heterocycles. The van der Waals surface area contributed by atoms with E-state index in [1.807, 2.05) is 54.7 Å². The highest BCUT2D eigenvalue weighted by Gasteiger charge is 2.21. The van der Waals surface area contributed by atoms with E-state index in [0.717, 1.165) is 21.3 Å². The first-order valence-corrected chi connectivity index (χ1v) is 9.51. The Morgan fingerprint density at radius 3 is 2.48 bits per heavy atom. The van der Waals surface area contributed by atoms with Crippen molar-refractivity contribution in [2.75, 3.05) is 19.0 Å². The van der Waals surface area contributed by atoms with Gasteiger partial charge >= 0.3 is 0 Å². The average Bonchev–Trinajstić information content (AvgIpc) is 3.30. The van der Waals surface area contributed by atoms with Gasteiger partial charge in [0.25, 0.3) is 0 Å². The van der Waals surface area contributed by atoms with Gasteiger partial charge in [-0.2, -0.15) is 0 Å². The minimum absolute atomic E-state index is 0.0491. The Bertz CT molecular complexity index is 1040. The van der Waals surface area contributed by atoms with Gasteiger partial charge in [0.15, 0.2) is 0 Å². The summed E-state index contributed by atoms with van der Waals surface area (Å²) in [6, 6.07) is 13.8. The van der Waals surface area contributed by atoms with Gasteiger partial charge in [0.1, 0.15) is 5.69 Å². The first-order valence-electron chi connectivity index (χ1n) is 7.75. The Labute approximate surface area is 153 Å². The number of hydrogen-bond acceptors (Lipinski definition) is 6. The lowest BCUT2D eigenvalue weighted by molar-refractivity contribution is 0.103. The van der Waals surface area contributed by atoms with Crippen molar-refractivity contribution in [3.63, 3.8) is 0 Å². The smallest absolute Gasteiger partial charge is 0.226 e. The van der Waals surface area contributed by atoms with Crippen LogP contribution in [0.25, 0.3) is 21.3 Å². The number of rotatable bonds is 4. The van der Waals surface area contributed by atoms with E-state index in [2.05, 4.69) is 22.5 Å². The largest absolute Gasteiger partial charge is 0.347 e. The number of nitrogens with zero attached hydrogens (tertiary/aromatic N) is 3. The van der Waals surface area contributed by atoms with Crippen LogP contribution in [0, 0.1) is 0 Å². The van der Waals surface area contributed by atoms with Crippen molar-refractivity contribution in [2.45, 2.75) is 0 Å². The van der Waals surface area contributed by atoms with E-state index in [0.29, 0.717) is 16.5 Å². The van der Waals surface area contributed by atoms with Crippen molar-refractivity contribution in [1.82, 2.24) is 9.97 Å². The van der Waals surface area contributed by atoms with E-state index in [9.17, 15) is 4.79 Å². The standard InChI is InChI=1S/C19H15N3OS2/c1-22(2)19-20-15-13(12-7-4-3-5-8-12)11-25-18(15)16(21-19)17(23)14-9-6-10-24-14/h3-11H,1-2H3. The van der Waals surface area contributed by atoms with Gasteiger partial charge in [-0.1, -0.05) is 36.4 Å². The SMILES string of the molecule is CN(C)c1nc(C(=O)c2cccs2)c2scc(-c3ccccc3)c2n1. The van der Waals surface area contributed by atoms with Gasteiger partial charge in [-0.25, -0.2) is 9.97 Å². The van der Waals surface area contributed by atoms with Gasteiger partial charge in [0.05, 0.1) is 15.1 Å². The van der Waals surface area contributed by atoms with E-state index in [1.54, 1.807) is 0 Å². The van der Waals surface area contributed by atoms with Crippen molar-refractivity contribution in [2.24, 2.45) is 0 Å². The molecule has 0 spiro atoms. The lowest BCUT2D eigenvalue weighted by Crippen LogP contribution is -2.15. The Balaban J connectivity index is 1.97. The normalized spacial score (nSPS) is 11.0. The molecule has 0 bridgehead atoms. The number of fused-ring (bicyclic) bond motifs is 1. The first kappa shape index (κ1) is 15.9. The second kappa shape index (κ2) is 6.38. The predicted octanol–water partition coefficient (Wildman–Crippen LogP) is 4.72. The molecule has 6 heteroatoms. The number of carbonyl (C=O) groups is 1. The van der Waals surface area contributed by atoms with Gasteiger partial charge < -0.3 is 4.90 Å². The maximum absolute atomic E-state index is 13.0. The summed E-state index contributed by atoms with van der Waals surface area (Å²) in [5.74, 6) is 0.495. The van der Waals surface area contributed by atoms with Crippen molar-refractivity contribution >= 4 is 44.6 Å². The van der Waals surface area contributed by atoms with E-state index in [-0.39, 0.29) is 5.78 Å². The third kappa shape index (κ3) is 2.83. The lowest BCUT2D eigenvalue weighted by Gasteiger charge is -2.12. The molecule has 0 saturated carbocycles. The zero-order valence-corrected chi connectivity index (χ0v) is 15.4. The summed E-state index contributed by atoms with van der Waals surface area (Å²) in [6.45, 7) is 0. The van der Waals surface area contributed by atoms with Crippen molar-refractivity contribution in [1.29, 1.82) is 0 Å². The molecule has 0 fully saturated rings. The first-order chi connectivity index (χ1) is 12.1. The zero-order chi connectivity index (χ0) is 17.4.